The van der Waals surface area contributed by atoms with Crippen molar-refractivity contribution in [2.45, 2.75) is 6.42 Å². The summed E-state index contributed by atoms with van der Waals surface area (Å²) in [5, 5.41) is 0.620. The normalized spacial score (nSPS) is 14.2. The molecule has 0 bridgehead atoms. The number of morpholine rings is 1. The van der Waals surface area contributed by atoms with Crippen LogP contribution in [0, 0.1) is 0 Å². The van der Waals surface area contributed by atoms with Crippen LogP contribution in [0.5, 0.6) is 11.5 Å². The van der Waals surface area contributed by atoms with Crippen LogP contribution in [0.3, 0.4) is 0 Å². The number of thiophene rings is 1. The Bertz CT molecular complexity index is 1010. The van der Waals surface area contributed by atoms with Gasteiger partial charge in [-0.05, 0) is 30.7 Å². The number of hydrogen-bond acceptors (Lipinski definition) is 8. The fourth-order valence-electron chi connectivity index (χ4n) is 3.51. The third-order valence-corrected chi connectivity index (χ3v) is 7.43. The number of hydrogen-bond donors (Lipinski definition) is 0. The first kappa shape index (κ1) is 25.0. The molecule has 0 N–H and O–H groups in total. The van der Waals surface area contributed by atoms with E-state index in [4.69, 9.17) is 30.8 Å². The number of rotatable bonds is 8. The molecule has 0 unspecified atom stereocenters. The summed E-state index contributed by atoms with van der Waals surface area (Å²) in [6, 6.07) is 7.19. The Labute approximate surface area is 206 Å². The van der Waals surface area contributed by atoms with Gasteiger partial charge in [0.2, 0.25) is 0 Å². The zero-order chi connectivity index (χ0) is 21.8. The van der Waals surface area contributed by atoms with Gasteiger partial charge in [-0.15, -0.1) is 23.7 Å². The average molecular weight is 518 g/mol. The third kappa shape index (κ3) is 5.47. The van der Waals surface area contributed by atoms with Gasteiger partial charge in [-0.1, -0.05) is 22.9 Å². The SMILES string of the molecule is COc1ccc(OC)c2sc(N(CCCN3CCOCC3)C(=O)c3ccc(Cl)s3)nc12.Cl. The predicted octanol–water partition coefficient (Wildman–Crippen LogP) is 4.82. The average Bonchev–Trinajstić information content (AvgIpc) is 3.43. The standard InChI is InChI=1S/C21H24ClN3O4S2.ClH/c1-27-14-4-5-15(28-2)19-18(14)23-21(31-19)25(20(26)16-6-7-17(22)30-16)9-3-8-24-10-12-29-13-11-24;/h4-7H,3,8-13H2,1-2H3;1H. The van der Waals surface area contributed by atoms with E-state index in [1.165, 1.54) is 22.7 Å². The Kier molecular flexibility index (Phi) is 8.98. The van der Waals surface area contributed by atoms with Gasteiger partial charge in [0.25, 0.3) is 5.91 Å². The van der Waals surface area contributed by atoms with Gasteiger partial charge in [-0.3, -0.25) is 14.6 Å². The summed E-state index contributed by atoms with van der Waals surface area (Å²) >= 11 is 8.79. The molecule has 1 aliphatic rings. The lowest BCUT2D eigenvalue weighted by Gasteiger charge is -2.27. The molecule has 3 aromatic rings. The summed E-state index contributed by atoms with van der Waals surface area (Å²) in [6.45, 7) is 4.81. The molecule has 0 radical (unpaired) electrons. The van der Waals surface area contributed by atoms with Gasteiger partial charge in [0.15, 0.2) is 5.13 Å². The molecule has 1 aliphatic heterocycles. The molecule has 1 amide bonds. The molecule has 4 rings (SSSR count). The minimum absolute atomic E-state index is 0. The number of methoxy groups -OCH3 is 2. The van der Waals surface area contributed by atoms with E-state index in [9.17, 15) is 4.79 Å². The number of benzene rings is 1. The van der Waals surface area contributed by atoms with Gasteiger partial charge in [-0.25, -0.2) is 4.98 Å². The number of aromatic nitrogens is 1. The summed E-state index contributed by atoms with van der Waals surface area (Å²) in [4.78, 5) is 22.8. The maximum atomic E-state index is 13.4. The highest BCUT2D eigenvalue weighted by Gasteiger charge is 2.25. The van der Waals surface area contributed by atoms with E-state index in [1.54, 1.807) is 31.3 Å². The zero-order valence-corrected chi connectivity index (χ0v) is 21.0. The number of halogens is 2. The van der Waals surface area contributed by atoms with Crippen molar-refractivity contribution in [1.29, 1.82) is 0 Å². The van der Waals surface area contributed by atoms with Crippen LogP contribution in [0.1, 0.15) is 16.1 Å². The zero-order valence-electron chi connectivity index (χ0n) is 17.8. The van der Waals surface area contributed by atoms with Crippen molar-refractivity contribution < 1.29 is 19.0 Å². The van der Waals surface area contributed by atoms with Crippen molar-refractivity contribution in [1.82, 2.24) is 9.88 Å². The Morgan fingerprint density at radius 2 is 1.88 bits per heavy atom. The Hall–Kier alpha value is -1.62. The number of carbonyl (C=O) groups excluding carboxylic acids is 1. The maximum Gasteiger partial charge on any atom is 0.270 e. The number of ether oxygens (including phenoxy) is 3. The molecule has 11 heteroatoms. The highest BCUT2D eigenvalue weighted by atomic mass is 35.5. The molecule has 1 saturated heterocycles. The van der Waals surface area contributed by atoms with Crippen LogP contribution in [-0.4, -0.2) is 69.4 Å². The molecule has 32 heavy (non-hydrogen) atoms. The van der Waals surface area contributed by atoms with E-state index in [1.807, 2.05) is 12.1 Å². The Balaban J connectivity index is 0.00000289. The van der Waals surface area contributed by atoms with E-state index >= 15 is 0 Å². The summed E-state index contributed by atoms with van der Waals surface area (Å²) in [6.07, 6.45) is 0.828. The second kappa shape index (κ2) is 11.5. The number of fused-ring (bicyclic) bond motifs is 1. The van der Waals surface area contributed by atoms with Crippen LogP contribution in [0.25, 0.3) is 10.2 Å². The first-order valence-electron chi connectivity index (χ1n) is 9.99. The van der Waals surface area contributed by atoms with Crippen molar-refractivity contribution in [2.24, 2.45) is 0 Å². The molecular formula is C21H25Cl2N3O4S2. The molecule has 3 heterocycles. The molecule has 174 valence electrons. The number of amides is 1. The number of thiazole rings is 1. The van der Waals surface area contributed by atoms with Crippen LogP contribution in [-0.2, 0) is 4.74 Å². The fraction of sp³-hybridized carbons (Fsp3) is 0.429. The summed E-state index contributed by atoms with van der Waals surface area (Å²) in [5.41, 5.74) is 0.692. The largest absolute Gasteiger partial charge is 0.495 e. The van der Waals surface area contributed by atoms with Gasteiger partial charge in [0.05, 0.1) is 36.6 Å². The van der Waals surface area contributed by atoms with Crippen LogP contribution >= 0.6 is 46.7 Å². The molecule has 0 saturated carbocycles. The molecule has 7 nitrogen and oxygen atoms in total. The van der Waals surface area contributed by atoms with Gasteiger partial charge in [0.1, 0.15) is 21.7 Å². The van der Waals surface area contributed by atoms with Gasteiger partial charge in [-0.2, -0.15) is 0 Å². The minimum atomic E-state index is -0.101. The van der Waals surface area contributed by atoms with Crippen LogP contribution in [0.4, 0.5) is 5.13 Å². The number of nitrogens with zero attached hydrogens (tertiary/aromatic N) is 3. The second-order valence-corrected chi connectivity index (χ2v) is 9.70. The van der Waals surface area contributed by atoms with Crippen molar-refractivity contribution >= 4 is 67.9 Å². The van der Waals surface area contributed by atoms with Crippen LogP contribution in [0.15, 0.2) is 24.3 Å². The maximum absolute atomic E-state index is 13.4. The summed E-state index contributed by atoms with van der Waals surface area (Å²) in [7, 11) is 3.23. The topological polar surface area (TPSA) is 64.1 Å². The fourth-order valence-corrected chi connectivity index (χ4v) is 5.60. The van der Waals surface area contributed by atoms with E-state index < -0.39 is 0 Å². The minimum Gasteiger partial charge on any atom is -0.495 e. The lowest BCUT2D eigenvalue weighted by molar-refractivity contribution is 0.0376. The predicted molar refractivity (Wildman–Crippen MR) is 133 cm³/mol. The number of carbonyl (C=O) groups is 1. The third-order valence-electron chi connectivity index (χ3n) is 5.12. The van der Waals surface area contributed by atoms with Crippen LogP contribution in [0.2, 0.25) is 4.34 Å². The van der Waals surface area contributed by atoms with E-state index in [0.29, 0.717) is 37.9 Å². The molecular weight excluding hydrogens is 493 g/mol. The van der Waals surface area contributed by atoms with Gasteiger partial charge >= 0.3 is 0 Å². The van der Waals surface area contributed by atoms with E-state index in [0.717, 1.165) is 44.0 Å². The quantitative estimate of drug-likeness (QED) is 0.426. The first-order chi connectivity index (χ1) is 15.1. The van der Waals surface area contributed by atoms with Gasteiger partial charge < -0.3 is 14.2 Å². The second-order valence-electron chi connectivity index (χ2n) is 7.01. The Morgan fingerprint density at radius 3 is 2.53 bits per heavy atom. The molecule has 1 fully saturated rings. The summed E-state index contributed by atoms with van der Waals surface area (Å²) in [5.74, 6) is 1.26. The molecule has 1 aromatic carbocycles. The monoisotopic (exact) mass is 517 g/mol. The Morgan fingerprint density at radius 1 is 1.16 bits per heavy atom. The van der Waals surface area contributed by atoms with E-state index in [2.05, 4.69) is 4.90 Å². The number of anilines is 1. The highest BCUT2D eigenvalue weighted by molar-refractivity contribution is 7.23. The molecule has 0 aliphatic carbocycles. The van der Waals surface area contributed by atoms with Crippen molar-refractivity contribution in [3.05, 3.63) is 33.5 Å². The summed E-state index contributed by atoms with van der Waals surface area (Å²) < 4.78 is 17.9. The van der Waals surface area contributed by atoms with Crippen molar-refractivity contribution in [3.63, 3.8) is 0 Å². The van der Waals surface area contributed by atoms with Crippen molar-refractivity contribution in [2.75, 3.05) is 58.5 Å². The van der Waals surface area contributed by atoms with Crippen molar-refractivity contribution in [3.8, 4) is 11.5 Å². The highest BCUT2D eigenvalue weighted by Crippen LogP contribution is 2.40. The smallest absolute Gasteiger partial charge is 0.270 e. The van der Waals surface area contributed by atoms with Crippen LogP contribution < -0.4 is 14.4 Å². The van der Waals surface area contributed by atoms with E-state index in [-0.39, 0.29) is 18.3 Å². The lowest BCUT2D eigenvalue weighted by Crippen LogP contribution is -2.39. The van der Waals surface area contributed by atoms with Gasteiger partial charge in [0, 0.05) is 26.2 Å². The lowest BCUT2D eigenvalue weighted by atomic mass is 10.3. The molecule has 2 aromatic heterocycles. The first-order valence-corrected chi connectivity index (χ1v) is 12.0. The molecule has 0 atom stereocenters. The molecule has 0 spiro atoms.